The van der Waals surface area contributed by atoms with Crippen molar-refractivity contribution in [1.29, 1.82) is 0 Å². The molecule has 134 valence electrons. The van der Waals surface area contributed by atoms with Gasteiger partial charge in [-0.2, -0.15) is 0 Å². The summed E-state index contributed by atoms with van der Waals surface area (Å²) >= 11 is 0. The molecule has 2 heterocycles. The van der Waals surface area contributed by atoms with E-state index in [0.717, 1.165) is 16.7 Å². The fourth-order valence-corrected chi connectivity index (χ4v) is 3.91. The summed E-state index contributed by atoms with van der Waals surface area (Å²) < 4.78 is 40.2. The minimum atomic E-state index is -3.64. The van der Waals surface area contributed by atoms with Gasteiger partial charge in [-0.3, -0.25) is 0 Å². The summed E-state index contributed by atoms with van der Waals surface area (Å²) in [5.74, 6) is 1.75. The van der Waals surface area contributed by atoms with Gasteiger partial charge in [0.25, 0.3) is 0 Å². The smallest absolute Gasteiger partial charge is 0.213 e. The van der Waals surface area contributed by atoms with Crippen LogP contribution in [0.25, 0.3) is 11.1 Å². The summed E-state index contributed by atoms with van der Waals surface area (Å²) in [6.07, 6.45) is 1.09. The third kappa shape index (κ3) is 2.95. The van der Waals surface area contributed by atoms with E-state index in [4.69, 9.17) is 19.0 Å². The summed E-state index contributed by atoms with van der Waals surface area (Å²) in [6.45, 7) is 0. The SMILES string of the molecule is COc1cccc2c1-c1ccc(CS(N)(=O)=O)cc1C(c1ccco1)O2. The zero-order valence-corrected chi connectivity index (χ0v) is 14.8. The van der Waals surface area contributed by atoms with E-state index < -0.39 is 16.1 Å². The number of hydrogen-bond donors (Lipinski definition) is 1. The molecule has 26 heavy (non-hydrogen) atoms. The predicted octanol–water partition coefficient (Wildman–Crippen LogP) is 3.23. The molecule has 1 atom stereocenters. The van der Waals surface area contributed by atoms with Gasteiger partial charge >= 0.3 is 0 Å². The number of methoxy groups -OCH3 is 1. The van der Waals surface area contributed by atoms with Gasteiger partial charge in [0.05, 0.1) is 24.7 Å². The molecule has 4 rings (SSSR count). The highest BCUT2D eigenvalue weighted by molar-refractivity contribution is 7.88. The Bertz CT molecular complexity index is 1060. The van der Waals surface area contributed by atoms with Crippen LogP contribution in [0, 0.1) is 0 Å². The Labute approximate surface area is 151 Å². The van der Waals surface area contributed by atoms with Crippen molar-refractivity contribution in [1.82, 2.24) is 0 Å². The fourth-order valence-electron chi connectivity index (χ4n) is 3.27. The third-order valence-corrected chi connectivity index (χ3v) is 5.03. The topological polar surface area (TPSA) is 91.8 Å². The minimum Gasteiger partial charge on any atom is -0.496 e. The number of hydrogen-bond acceptors (Lipinski definition) is 5. The van der Waals surface area contributed by atoms with E-state index in [-0.39, 0.29) is 5.75 Å². The van der Waals surface area contributed by atoms with E-state index >= 15 is 0 Å². The molecule has 1 aromatic heterocycles. The molecule has 0 spiro atoms. The van der Waals surface area contributed by atoms with Gasteiger partial charge in [0.1, 0.15) is 17.3 Å². The molecule has 0 saturated carbocycles. The van der Waals surface area contributed by atoms with Gasteiger partial charge in [0.15, 0.2) is 6.10 Å². The molecular weight excluding hydrogens is 354 g/mol. The van der Waals surface area contributed by atoms with Crippen LogP contribution in [0.3, 0.4) is 0 Å². The van der Waals surface area contributed by atoms with Crippen molar-refractivity contribution in [3.63, 3.8) is 0 Å². The Morgan fingerprint density at radius 1 is 1.15 bits per heavy atom. The molecule has 0 aliphatic carbocycles. The molecule has 0 amide bonds. The van der Waals surface area contributed by atoms with E-state index in [0.29, 0.717) is 22.8 Å². The first-order chi connectivity index (χ1) is 12.5. The minimum absolute atomic E-state index is 0.246. The van der Waals surface area contributed by atoms with Gasteiger partial charge in [-0.1, -0.05) is 18.2 Å². The van der Waals surface area contributed by atoms with Crippen LogP contribution in [0.1, 0.15) is 23.0 Å². The van der Waals surface area contributed by atoms with Crippen LogP contribution in [-0.4, -0.2) is 15.5 Å². The molecule has 7 heteroatoms. The van der Waals surface area contributed by atoms with E-state index in [1.807, 2.05) is 30.3 Å². The van der Waals surface area contributed by atoms with Gasteiger partial charge in [-0.15, -0.1) is 0 Å². The number of primary sulfonamides is 1. The van der Waals surface area contributed by atoms with Crippen LogP contribution < -0.4 is 14.6 Å². The lowest BCUT2D eigenvalue weighted by Crippen LogP contribution is -2.18. The predicted molar refractivity (Wildman–Crippen MR) is 96.4 cm³/mol. The average Bonchev–Trinajstić information content (AvgIpc) is 3.13. The summed E-state index contributed by atoms with van der Waals surface area (Å²) in [6, 6.07) is 14.6. The third-order valence-electron chi connectivity index (χ3n) is 4.29. The second-order valence-corrected chi connectivity index (χ2v) is 7.69. The zero-order valence-electron chi connectivity index (χ0n) is 14.0. The zero-order chi connectivity index (χ0) is 18.3. The second kappa shape index (κ2) is 6.19. The molecule has 1 unspecified atom stereocenters. The number of sulfonamides is 1. The van der Waals surface area contributed by atoms with Crippen LogP contribution in [0.15, 0.2) is 59.2 Å². The van der Waals surface area contributed by atoms with Crippen molar-refractivity contribution in [2.75, 3.05) is 7.11 Å². The molecule has 1 aliphatic heterocycles. The molecule has 0 radical (unpaired) electrons. The number of furan rings is 1. The fraction of sp³-hybridized carbons (Fsp3) is 0.158. The summed E-state index contributed by atoms with van der Waals surface area (Å²) in [5.41, 5.74) is 3.13. The molecule has 6 nitrogen and oxygen atoms in total. The summed E-state index contributed by atoms with van der Waals surface area (Å²) in [5, 5.41) is 5.20. The van der Waals surface area contributed by atoms with Gasteiger partial charge < -0.3 is 13.9 Å². The maximum Gasteiger partial charge on any atom is 0.213 e. The van der Waals surface area contributed by atoms with E-state index in [2.05, 4.69) is 0 Å². The highest BCUT2D eigenvalue weighted by Crippen LogP contribution is 2.49. The van der Waals surface area contributed by atoms with Crippen molar-refractivity contribution in [2.45, 2.75) is 11.9 Å². The number of nitrogens with two attached hydrogens (primary N) is 1. The Hall–Kier alpha value is -2.77. The maximum absolute atomic E-state index is 11.5. The summed E-state index contributed by atoms with van der Waals surface area (Å²) in [4.78, 5) is 0. The van der Waals surface area contributed by atoms with E-state index in [9.17, 15) is 8.42 Å². The molecule has 2 N–H and O–H groups in total. The number of ether oxygens (including phenoxy) is 2. The highest BCUT2D eigenvalue weighted by Gasteiger charge is 2.31. The Kier molecular flexibility index (Phi) is 3.97. The standard InChI is InChI=1S/C19H17NO5S/c1-23-15-4-2-5-16-18(15)13-8-7-12(11-26(20,21)22)10-14(13)19(25-16)17-6-3-9-24-17/h2-10,19H,11H2,1H3,(H2,20,21,22). The first kappa shape index (κ1) is 16.7. The van der Waals surface area contributed by atoms with Crippen LogP contribution in [0.5, 0.6) is 11.5 Å². The monoisotopic (exact) mass is 371 g/mol. The van der Waals surface area contributed by atoms with Crippen molar-refractivity contribution in [3.05, 3.63) is 71.7 Å². The van der Waals surface area contributed by atoms with Gasteiger partial charge in [0.2, 0.25) is 10.0 Å². The lowest BCUT2D eigenvalue weighted by molar-refractivity contribution is 0.210. The maximum atomic E-state index is 11.5. The summed E-state index contributed by atoms with van der Waals surface area (Å²) in [7, 11) is -2.04. The average molecular weight is 371 g/mol. The number of benzene rings is 2. The molecule has 1 aliphatic rings. The van der Waals surface area contributed by atoms with Crippen molar-refractivity contribution >= 4 is 10.0 Å². The Morgan fingerprint density at radius 2 is 2.00 bits per heavy atom. The Morgan fingerprint density at radius 3 is 2.69 bits per heavy atom. The molecule has 0 saturated heterocycles. The number of rotatable bonds is 4. The quantitative estimate of drug-likeness (QED) is 0.760. The van der Waals surface area contributed by atoms with Gasteiger partial charge in [-0.25, -0.2) is 13.6 Å². The Balaban J connectivity index is 1.93. The van der Waals surface area contributed by atoms with Crippen LogP contribution in [0.4, 0.5) is 0 Å². The molecule has 0 fully saturated rings. The van der Waals surface area contributed by atoms with E-state index in [1.165, 1.54) is 0 Å². The van der Waals surface area contributed by atoms with Crippen LogP contribution >= 0.6 is 0 Å². The second-order valence-electron chi connectivity index (χ2n) is 6.08. The molecular formula is C19H17NO5S. The number of fused-ring (bicyclic) bond motifs is 3. The largest absolute Gasteiger partial charge is 0.496 e. The van der Waals surface area contributed by atoms with Crippen LogP contribution in [0.2, 0.25) is 0 Å². The van der Waals surface area contributed by atoms with Crippen molar-refractivity contribution in [2.24, 2.45) is 5.14 Å². The van der Waals surface area contributed by atoms with Gasteiger partial charge in [-0.05, 0) is 41.5 Å². The lowest BCUT2D eigenvalue weighted by atomic mass is 9.90. The van der Waals surface area contributed by atoms with Crippen molar-refractivity contribution in [3.8, 4) is 22.6 Å². The van der Waals surface area contributed by atoms with E-state index in [1.54, 1.807) is 31.6 Å². The van der Waals surface area contributed by atoms with Gasteiger partial charge in [0, 0.05) is 5.56 Å². The normalized spacial score (nSPS) is 15.7. The highest BCUT2D eigenvalue weighted by atomic mass is 32.2. The first-order valence-electron chi connectivity index (χ1n) is 7.97. The van der Waals surface area contributed by atoms with Crippen LogP contribution in [-0.2, 0) is 15.8 Å². The molecule has 0 bridgehead atoms. The molecule has 2 aromatic carbocycles. The first-order valence-corrected chi connectivity index (χ1v) is 9.68. The molecule has 3 aromatic rings. The lowest BCUT2D eigenvalue weighted by Gasteiger charge is -2.29. The van der Waals surface area contributed by atoms with Crippen molar-refractivity contribution < 1.29 is 22.3 Å².